The van der Waals surface area contributed by atoms with Crippen molar-refractivity contribution in [2.45, 2.75) is 6.92 Å². The van der Waals surface area contributed by atoms with Crippen molar-refractivity contribution in [2.24, 2.45) is 0 Å². The lowest BCUT2D eigenvalue weighted by Crippen LogP contribution is -1.99. The smallest absolute Gasteiger partial charge is 0.222 e. The molecule has 6 nitrogen and oxygen atoms in total. The number of nitrogens with two attached hydrogens (primary N) is 2. The SMILES string of the molecule is Cc1cccc(Oc2cc(-c3nc(N)ccc3N)ncn2)c1. The Morgan fingerprint density at radius 1 is 1.00 bits per heavy atom. The Labute approximate surface area is 127 Å². The molecule has 0 spiro atoms. The second-order valence-electron chi connectivity index (χ2n) is 4.83. The molecule has 3 rings (SSSR count). The molecule has 1 aromatic carbocycles. The van der Waals surface area contributed by atoms with Crippen LogP contribution in [0.3, 0.4) is 0 Å². The number of benzene rings is 1. The molecule has 4 N–H and O–H groups in total. The number of nitrogens with zero attached hydrogens (tertiary/aromatic N) is 3. The first-order valence-electron chi connectivity index (χ1n) is 6.71. The van der Waals surface area contributed by atoms with Crippen molar-refractivity contribution in [2.75, 3.05) is 11.5 Å². The number of aryl methyl sites for hydroxylation is 1. The van der Waals surface area contributed by atoms with Crippen LogP contribution in [0.15, 0.2) is 48.8 Å². The van der Waals surface area contributed by atoms with Crippen molar-refractivity contribution < 1.29 is 4.74 Å². The summed E-state index contributed by atoms with van der Waals surface area (Å²) in [5, 5.41) is 0. The van der Waals surface area contributed by atoms with E-state index >= 15 is 0 Å². The molecule has 0 radical (unpaired) electrons. The normalized spacial score (nSPS) is 10.4. The fourth-order valence-electron chi connectivity index (χ4n) is 2.01. The Hall–Kier alpha value is -3.15. The van der Waals surface area contributed by atoms with Crippen LogP contribution < -0.4 is 16.2 Å². The summed E-state index contributed by atoms with van der Waals surface area (Å²) in [5.74, 6) is 1.50. The van der Waals surface area contributed by atoms with E-state index in [2.05, 4.69) is 15.0 Å². The molecule has 0 aliphatic heterocycles. The molecule has 0 fully saturated rings. The minimum absolute atomic E-state index is 0.379. The summed E-state index contributed by atoms with van der Waals surface area (Å²) in [4.78, 5) is 12.5. The van der Waals surface area contributed by atoms with E-state index in [1.54, 1.807) is 18.2 Å². The number of anilines is 2. The summed E-state index contributed by atoms with van der Waals surface area (Å²) in [6.45, 7) is 2.00. The van der Waals surface area contributed by atoms with Gasteiger partial charge in [0, 0.05) is 6.07 Å². The predicted molar refractivity (Wildman–Crippen MR) is 85.3 cm³/mol. The lowest BCUT2D eigenvalue weighted by Gasteiger charge is -2.08. The van der Waals surface area contributed by atoms with Crippen LogP contribution in [0.1, 0.15) is 5.56 Å². The number of rotatable bonds is 3. The first kappa shape index (κ1) is 13.8. The van der Waals surface area contributed by atoms with E-state index in [0.717, 1.165) is 5.56 Å². The molecule has 0 aliphatic carbocycles. The fourth-order valence-corrected chi connectivity index (χ4v) is 2.01. The maximum Gasteiger partial charge on any atom is 0.222 e. The van der Waals surface area contributed by atoms with Crippen molar-refractivity contribution in [1.29, 1.82) is 0 Å². The third-order valence-electron chi connectivity index (χ3n) is 3.04. The highest BCUT2D eigenvalue weighted by atomic mass is 16.5. The maximum atomic E-state index is 5.92. The van der Waals surface area contributed by atoms with E-state index in [-0.39, 0.29) is 0 Å². The third-order valence-corrected chi connectivity index (χ3v) is 3.04. The van der Waals surface area contributed by atoms with Gasteiger partial charge in [-0.05, 0) is 36.8 Å². The molecule has 110 valence electrons. The fraction of sp³-hybridized carbons (Fsp3) is 0.0625. The molecule has 0 aliphatic rings. The summed E-state index contributed by atoms with van der Waals surface area (Å²) in [6.07, 6.45) is 1.41. The van der Waals surface area contributed by atoms with Crippen LogP contribution in [0.4, 0.5) is 11.5 Å². The molecule has 2 aromatic heterocycles. The van der Waals surface area contributed by atoms with Gasteiger partial charge in [-0.1, -0.05) is 12.1 Å². The Kier molecular flexibility index (Phi) is 3.57. The zero-order valence-corrected chi connectivity index (χ0v) is 12.0. The highest BCUT2D eigenvalue weighted by molar-refractivity contribution is 5.71. The quantitative estimate of drug-likeness (QED) is 0.770. The van der Waals surface area contributed by atoms with Gasteiger partial charge in [-0.3, -0.25) is 0 Å². The number of hydrogen-bond donors (Lipinski definition) is 2. The average molecular weight is 293 g/mol. The first-order valence-corrected chi connectivity index (χ1v) is 6.71. The molecule has 2 heterocycles. The van der Waals surface area contributed by atoms with E-state index in [1.165, 1.54) is 6.33 Å². The van der Waals surface area contributed by atoms with Crippen molar-refractivity contribution in [3.63, 3.8) is 0 Å². The molecule has 0 bridgehead atoms. The van der Waals surface area contributed by atoms with Crippen molar-refractivity contribution in [3.05, 3.63) is 54.4 Å². The average Bonchev–Trinajstić information content (AvgIpc) is 2.50. The van der Waals surface area contributed by atoms with E-state index in [4.69, 9.17) is 16.2 Å². The topological polar surface area (TPSA) is 99.9 Å². The molecule has 0 saturated carbocycles. The molecule has 0 unspecified atom stereocenters. The molecule has 0 saturated heterocycles. The highest BCUT2D eigenvalue weighted by Gasteiger charge is 2.09. The van der Waals surface area contributed by atoms with Crippen LogP contribution >= 0.6 is 0 Å². The summed E-state index contributed by atoms with van der Waals surface area (Å²) in [5.41, 5.74) is 14.3. The Balaban J connectivity index is 1.94. The van der Waals surface area contributed by atoms with Crippen LogP contribution in [-0.4, -0.2) is 15.0 Å². The molecule has 6 heteroatoms. The second kappa shape index (κ2) is 5.69. The van der Waals surface area contributed by atoms with Crippen molar-refractivity contribution in [3.8, 4) is 23.0 Å². The largest absolute Gasteiger partial charge is 0.439 e. The Morgan fingerprint density at radius 3 is 2.68 bits per heavy atom. The molecule has 0 amide bonds. The van der Waals surface area contributed by atoms with Crippen LogP contribution in [0, 0.1) is 6.92 Å². The van der Waals surface area contributed by atoms with Crippen LogP contribution in [0.2, 0.25) is 0 Å². The van der Waals surface area contributed by atoms with Crippen LogP contribution in [0.25, 0.3) is 11.4 Å². The van der Waals surface area contributed by atoms with Crippen LogP contribution in [0.5, 0.6) is 11.6 Å². The number of hydrogen-bond acceptors (Lipinski definition) is 6. The van der Waals surface area contributed by atoms with Gasteiger partial charge in [0.25, 0.3) is 0 Å². The zero-order valence-electron chi connectivity index (χ0n) is 12.0. The van der Waals surface area contributed by atoms with Crippen molar-refractivity contribution >= 4 is 11.5 Å². The highest BCUT2D eigenvalue weighted by Crippen LogP contribution is 2.26. The van der Waals surface area contributed by atoms with Gasteiger partial charge in [-0.2, -0.15) is 0 Å². The zero-order chi connectivity index (χ0) is 15.5. The number of nitrogen functional groups attached to an aromatic ring is 2. The van der Waals surface area contributed by atoms with Gasteiger partial charge in [0.05, 0.1) is 11.4 Å². The van der Waals surface area contributed by atoms with Gasteiger partial charge >= 0.3 is 0 Å². The molecular formula is C16H15N5O. The Morgan fingerprint density at radius 2 is 1.86 bits per heavy atom. The van der Waals surface area contributed by atoms with Gasteiger partial charge in [-0.25, -0.2) is 15.0 Å². The lowest BCUT2D eigenvalue weighted by atomic mass is 10.2. The van der Waals surface area contributed by atoms with E-state index in [9.17, 15) is 0 Å². The minimum atomic E-state index is 0.379. The second-order valence-corrected chi connectivity index (χ2v) is 4.83. The van der Waals surface area contributed by atoms with Gasteiger partial charge < -0.3 is 16.2 Å². The Bertz CT molecular complexity index is 819. The molecular weight excluding hydrogens is 278 g/mol. The van der Waals surface area contributed by atoms with E-state index < -0.39 is 0 Å². The van der Waals surface area contributed by atoms with Gasteiger partial charge in [-0.15, -0.1) is 0 Å². The monoisotopic (exact) mass is 293 g/mol. The standard InChI is InChI=1S/C16H15N5O/c1-10-3-2-4-11(7-10)22-15-8-13(19-9-20-15)16-12(17)5-6-14(18)21-16/h2-9H,17H2,1H3,(H2,18,21). The molecule has 0 atom stereocenters. The maximum absolute atomic E-state index is 5.92. The van der Waals surface area contributed by atoms with Gasteiger partial charge in [0.1, 0.15) is 23.6 Å². The van der Waals surface area contributed by atoms with Gasteiger partial charge in [0.2, 0.25) is 5.88 Å². The lowest BCUT2D eigenvalue weighted by molar-refractivity contribution is 0.461. The predicted octanol–water partition coefficient (Wildman–Crippen LogP) is 2.80. The molecule has 22 heavy (non-hydrogen) atoms. The number of ether oxygens (including phenoxy) is 1. The summed E-state index contributed by atoms with van der Waals surface area (Å²) in [6, 6.07) is 12.7. The minimum Gasteiger partial charge on any atom is -0.439 e. The summed E-state index contributed by atoms with van der Waals surface area (Å²) >= 11 is 0. The van der Waals surface area contributed by atoms with Crippen LogP contribution in [-0.2, 0) is 0 Å². The number of pyridine rings is 1. The van der Waals surface area contributed by atoms with Gasteiger partial charge in [0.15, 0.2) is 0 Å². The van der Waals surface area contributed by atoms with E-state index in [0.29, 0.717) is 34.5 Å². The van der Waals surface area contributed by atoms with E-state index in [1.807, 2.05) is 31.2 Å². The third kappa shape index (κ3) is 2.95. The molecule has 3 aromatic rings. The summed E-state index contributed by atoms with van der Waals surface area (Å²) < 4.78 is 5.74. The van der Waals surface area contributed by atoms with Crippen molar-refractivity contribution in [1.82, 2.24) is 15.0 Å². The first-order chi connectivity index (χ1) is 10.6. The number of aromatic nitrogens is 3. The summed E-state index contributed by atoms with van der Waals surface area (Å²) in [7, 11) is 0.